The van der Waals surface area contributed by atoms with Crippen LogP contribution in [0.25, 0.3) is 0 Å². The van der Waals surface area contributed by atoms with Crippen LogP contribution in [-0.4, -0.2) is 36.5 Å². The third kappa shape index (κ3) is 2.46. The Bertz CT molecular complexity index is 219. The highest BCUT2D eigenvalue weighted by Gasteiger charge is 2.27. The van der Waals surface area contributed by atoms with E-state index in [4.69, 9.17) is 6.42 Å². The Morgan fingerprint density at radius 2 is 2.54 bits per heavy atom. The van der Waals surface area contributed by atoms with Gasteiger partial charge in [-0.3, -0.25) is 9.69 Å². The second kappa shape index (κ2) is 4.88. The lowest BCUT2D eigenvalue weighted by Crippen LogP contribution is -2.55. The van der Waals surface area contributed by atoms with Crippen LogP contribution in [0.2, 0.25) is 0 Å². The monoisotopic (exact) mass is 180 g/mol. The zero-order valence-electron chi connectivity index (χ0n) is 8.05. The molecule has 0 aromatic rings. The summed E-state index contributed by atoms with van der Waals surface area (Å²) >= 11 is 0. The number of nitrogens with zero attached hydrogens (tertiary/aromatic N) is 1. The highest BCUT2D eigenvalue weighted by Crippen LogP contribution is 2.09. The van der Waals surface area contributed by atoms with Crippen LogP contribution in [-0.2, 0) is 4.79 Å². The van der Waals surface area contributed by atoms with Crippen LogP contribution in [0.5, 0.6) is 0 Å². The van der Waals surface area contributed by atoms with Crippen LogP contribution < -0.4 is 5.32 Å². The van der Waals surface area contributed by atoms with E-state index in [1.54, 1.807) is 0 Å². The van der Waals surface area contributed by atoms with Gasteiger partial charge < -0.3 is 5.32 Å². The summed E-state index contributed by atoms with van der Waals surface area (Å²) in [7, 11) is 0. The highest BCUT2D eigenvalue weighted by molar-refractivity contribution is 5.82. The minimum atomic E-state index is -0.00481. The molecular weight excluding hydrogens is 164 g/mol. The van der Waals surface area contributed by atoms with E-state index in [-0.39, 0.29) is 11.9 Å². The number of nitrogens with one attached hydrogen (secondary N) is 1. The van der Waals surface area contributed by atoms with E-state index in [0.717, 1.165) is 25.9 Å². The van der Waals surface area contributed by atoms with Crippen LogP contribution in [0.15, 0.2) is 0 Å². The smallest absolute Gasteiger partial charge is 0.237 e. The average Bonchev–Trinajstić information content (AvgIpc) is 2.11. The van der Waals surface area contributed by atoms with Crippen molar-refractivity contribution in [2.45, 2.75) is 25.8 Å². The molecule has 1 saturated heterocycles. The molecule has 3 heteroatoms. The van der Waals surface area contributed by atoms with Gasteiger partial charge >= 0.3 is 0 Å². The fraction of sp³-hybridized carbons (Fsp3) is 0.700. The SMILES string of the molecule is C#CCN1CCNC(=O)C1CCC. The molecule has 1 aliphatic heterocycles. The fourth-order valence-electron chi connectivity index (χ4n) is 1.66. The van der Waals surface area contributed by atoms with E-state index in [1.807, 2.05) is 0 Å². The molecule has 1 fully saturated rings. The largest absolute Gasteiger partial charge is 0.353 e. The Morgan fingerprint density at radius 3 is 3.15 bits per heavy atom. The van der Waals surface area contributed by atoms with E-state index in [1.165, 1.54) is 0 Å². The van der Waals surface area contributed by atoms with Gasteiger partial charge in [-0.25, -0.2) is 0 Å². The van der Waals surface area contributed by atoms with Crippen molar-refractivity contribution >= 4 is 5.91 Å². The van der Waals surface area contributed by atoms with E-state index in [2.05, 4.69) is 23.1 Å². The lowest BCUT2D eigenvalue weighted by molar-refractivity contribution is -0.128. The van der Waals surface area contributed by atoms with Crippen molar-refractivity contribution in [2.24, 2.45) is 0 Å². The van der Waals surface area contributed by atoms with E-state index in [9.17, 15) is 4.79 Å². The van der Waals surface area contributed by atoms with Gasteiger partial charge in [0.15, 0.2) is 0 Å². The predicted molar refractivity (Wildman–Crippen MR) is 52.1 cm³/mol. The van der Waals surface area contributed by atoms with Crippen LogP contribution in [0.4, 0.5) is 0 Å². The summed E-state index contributed by atoms with van der Waals surface area (Å²) in [6, 6.07) is -0.00481. The summed E-state index contributed by atoms with van der Waals surface area (Å²) in [5.41, 5.74) is 0. The molecule has 1 unspecified atom stereocenters. The molecule has 1 heterocycles. The number of amides is 1. The third-order valence-corrected chi connectivity index (χ3v) is 2.30. The molecular formula is C10H16N2O. The second-order valence-electron chi connectivity index (χ2n) is 3.27. The summed E-state index contributed by atoms with van der Waals surface area (Å²) in [6.45, 7) is 4.26. The molecule has 0 aliphatic carbocycles. The van der Waals surface area contributed by atoms with E-state index >= 15 is 0 Å². The van der Waals surface area contributed by atoms with Crippen molar-refractivity contribution in [3.63, 3.8) is 0 Å². The first-order valence-corrected chi connectivity index (χ1v) is 4.74. The Kier molecular flexibility index (Phi) is 3.78. The highest BCUT2D eigenvalue weighted by atomic mass is 16.2. The topological polar surface area (TPSA) is 32.3 Å². The zero-order chi connectivity index (χ0) is 9.68. The van der Waals surface area contributed by atoms with Crippen LogP contribution >= 0.6 is 0 Å². The molecule has 0 bridgehead atoms. The summed E-state index contributed by atoms with van der Waals surface area (Å²) in [4.78, 5) is 13.5. The van der Waals surface area contributed by atoms with Crippen LogP contribution in [0, 0.1) is 12.3 Å². The Morgan fingerprint density at radius 1 is 1.77 bits per heavy atom. The van der Waals surface area contributed by atoms with Gasteiger partial charge in [0, 0.05) is 13.1 Å². The lowest BCUT2D eigenvalue weighted by atomic mass is 10.1. The fourth-order valence-corrected chi connectivity index (χ4v) is 1.66. The molecule has 1 N–H and O–H groups in total. The van der Waals surface area contributed by atoms with Crippen LogP contribution in [0.3, 0.4) is 0 Å². The third-order valence-electron chi connectivity index (χ3n) is 2.30. The maximum Gasteiger partial charge on any atom is 0.237 e. The molecule has 3 nitrogen and oxygen atoms in total. The molecule has 72 valence electrons. The molecule has 0 aromatic heterocycles. The zero-order valence-corrected chi connectivity index (χ0v) is 8.05. The number of carbonyl (C=O) groups excluding carboxylic acids is 1. The maximum absolute atomic E-state index is 11.4. The number of hydrogen-bond acceptors (Lipinski definition) is 2. The molecule has 0 spiro atoms. The van der Waals surface area contributed by atoms with Gasteiger partial charge in [0.25, 0.3) is 0 Å². The van der Waals surface area contributed by atoms with Gasteiger partial charge in [-0.05, 0) is 6.42 Å². The number of carbonyl (C=O) groups is 1. The van der Waals surface area contributed by atoms with Gasteiger partial charge in [0.2, 0.25) is 5.91 Å². The minimum Gasteiger partial charge on any atom is -0.353 e. The Labute approximate surface area is 79.5 Å². The normalized spacial score (nSPS) is 23.7. The van der Waals surface area contributed by atoms with Gasteiger partial charge in [-0.2, -0.15) is 0 Å². The standard InChI is InChI=1S/C10H16N2O/c1-3-5-9-10(13)11-6-8-12(9)7-4-2/h2,9H,3,5-8H2,1H3,(H,11,13). The number of piperazine rings is 1. The number of terminal acetylenes is 1. The second-order valence-corrected chi connectivity index (χ2v) is 3.27. The lowest BCUT2D eigenvalue weighted by Gasteiger charge is -2.33. The molecule has 1 aliphatic rings. The summed E-state index contributed by atoms with van der Waals surface area (Å²) in [5.74, 6) is 2.72. The van der Waals surface area contributed by atoms with Crippen molar-refractivity contribution in [1.29, 1.82) is 0 Å². The Hall–Kier alpha value is -1.01. The first-order chi connectivity index (χ1) is 6.29. The van der Waals surface area contributed by atoms with Crippen molar-refractivity contribution < 1.29 is 4.79 Å². The van der Waals surface area contributed by atoms with Crippen molar-refractivity contribution in [1.82, 2.24) is 10.2 Å². The van der Waals surface area contributed by atoms with E-state index in [0.29, 0.717) is 6.54 Å². The Balaban J connectivity index is 2.57. The molecule has 1 rings (SSSR count). The van der Waals surface area contributed by atoms with Gasteiger partial charge in [0.1, 0.15) is 0 Å². The van der Waals surface area contributed by atoms with Crippen molar-refractivity contribution in [3.05, 3.63) is 0 Å². The van der Waals surface area contributed by atoms with Crippen LogP contribution in [0.1, 0.15) is 19.8 Å². The van der Waals surface area contributed by atoms with Gasteiger partial charge in [-0.15, -0.1) is 6.42 Å². The first kappa shape index (κ1) is 10.1. The summed E-state index contributed by atoms with van der Waals surface area (Å²) < 4.78 is 0. The summed E-state index contributed by atoms with van der Waals surface area (Å²) in [5, 5.41) is 2.86. The first-order valence-electron chi connectivity index (χ1n) is 4.74. The van der Waals surface area contributed by atoms with Gasteiger partial charge in [0.05, 0.1) is 12.6 Å². The quantitative estimate of drug-likeness (QED) is 0.630. The van der Waals surface area contributed by atoms with E-state index < -0.39 is 0 Å². The maximum atomic E-state index is 11.4. The molecule has 1 atom stereocenters. The molecule has 0 saturated carbocycles. The van der Waals surface area contributed by atoms with Crippen molar-refractivity contribution in [2.75, 3.05) is 19.6 Å². The molecule has 1 amide bonds. The minimum absolute atomic E-state index is 0.00481. The summed E-state index contributed by atoms with van der Waals surface area (Å²) in [6.07, 6.45) is 7.15. The number of rotatable bonds is 3. The number of hydrogen-bond donors (Lipinski definition) is 1. The van der Waals surface area contributed by atoms with Crippen molar-refractivity contribution in [3.8, 4) is 12.3 Å². The average molecular weight is 180 g/mol. The predicted octanol–water partition coefficient (Wildman–Crippen LogP) is 0.220. The molecule has 0 aromatic carbocycles. The molecule has 0 radical (unpaired) electrons. The molecule has 13 heavy (non-hydrogen) atoms. The van der Waals surface area contributed by atoms with Gasteiger partial charge in [-0.1, -0.05) is 19.3 Å².